The van der Waals surface area contributed by atoms with Crippen LogP contribution in [0.4, 0.5) is 16.2 Å². The molecule has 7 heteroatoms. The Morgan fingerprint density at radius 3 is 2.12 bits per heavy atom. The van der Waals surface area contributed by atoms with Gasteiger partial charge in [0.15, 0.2) is 0 Å². The summed E-state index contributed by atoms with van der Waals surface area (Å²) in [6, 6.07) is 13.3. The van der Waals surface area contributed by atoms with Crippen LogP contribution in [-0.2, 0) is 4.79 Å². The Labute approximate surface area is 151 Å². The first-order chi connectivity index (χ1) is 12.5. The molecule has 0 fully saturated rings. The lowest BCUT2D eigenvalue weighted by Crippen LogP contribution is -2.24. The van der Waals surface area contributed by atoms with E-state index in [9.17, 15) is 14.4 Å². The predicted molar refractivity (Wildman–Crippen MR) is 102 cm³/mol. The van der Waals surface area contributed by atoms with Gasteiger partial charge in [0.1, 0.15) is 0 Å². The van der Waals surface area contributed by atoms with Gasteiger partial charge in [-0.25, -0.2) is 4.79 Å². The molecule has 0 saturated carbocycles. The Morgan fingerprint density at radius 2 is 1.50 bits per heavy atom. The zero-order valence-corrected chi connectivity index (χ0v) is 14.5. The highest BCUT2D eigenvalue weighted by Gasteiger charge is 2.03. The molecule has 0 spiro atoms. The molecule has 4 N–H and O–H groups in total. The summed E-state index contributed by atoms with van der Waals surface area (Å²) in [7, 11) is 3.09. The lowest BCUT2D eigenvalue weighted by molar-refractivity contribution is -0.111. The second kappa shape index (κ2) is 9.03. The quantitative estimate of drug-likeness (QED) is 0.622. The van der Waals surface area contributed by atoms with Crippen LogP contribution in [-0.4, -0.2) is 31.9 Å². The van der Waals surface area contributed by atoms with E-state index in [-0.39, 0.29) is 17.8 Å². The number of benzene rings is 2. The van der Waals surface area contributed by atoms with Gasteiger partial charge in [-0.05, 0) is 42.0 Å². The molecule has 26 heavy (non-hydrogen) atoms. The molecule has 0 aromatic heterocycles. The molecule has 0 bridgehead atoms. The highest BCUT2D eigenvalue weighted by Crippen LogP contribution is 2.15. The van der Waals surface area contributed by atoms with Gasteiger partial charge < -0.3 is 21.3 Å². The summed E-state index contributed by atoms with van der Waals surface area (Å²) >= 11 is 0. The van der Waals surface area contributed by atoms with E-state index >= 15 is 0 Å². The fraction of sp³-hybridized carbons (Fsp3) is 0.105. The number of nitrogens with one attached hydrogen (secondary N) is 4. The van der Waals surface area contributed by atoms with E-state index in [0.717, 1.165) is 5.56 Å². The predicted octanol–water partition coefficient (Wildman–Crippen LogP) is 2.45. The molecule has 134 valence electrons. The first-order valence-electron chi connectivity index (χ1n) is 7.92. The molecule has 0 aliphatic carbocycles. The summed E-state index contributed by atoms with van der Waals surface area (Å²) < 4.78 is 0. The Bertz CT molecular complexity index is 829. The highest BCUT2D eigenvalue weighted by molar-refractivity contribution is 6.02. The zero-order chi connectivity index (χ0) is 18.9. The zero-order valence-electron chi connectivity index (χ0n) is 14.5. The van der Waals surface area contributed by atoms with Crippen molar-refractivity contribution in [2.75, 3.05) is 24.7 Å². The van der Waals surface area contributed by atoms with Gasteiger partial charge in [-0.15, -0.1) is 0 Å². The maximum atomic E-state index is 12.0. The summed E-state index contributed by atoms with van der Waals surface area (Å²) in [6.45, 7) is 0. The van der Waals surface area contributed by atoms with Crippen molar-refractivity contribution >= 4 is 35.3 Å². The van der Waals surface area contributed by atoms with Crippen molar-refractivity contribution in [1.82, 2.24) is 10.6 Å². The van der Waals surface area contributed by atoms with Gasteiger partial charge in [-0.2, -0.15) is 0 Å². The summed E-state index contributed by atoms with van der Waals surface area (Å²) in [5.41, 5.74) is 2.47. The first-order valence-corrected chi connectivity index (χ1v) is 7.92. The molecular formula is C19H20N4O3. The standard InChI is InChI=1S/C19H20N4O3/c1-20-18(25)14-9-6-13(7-10-14)8-11-17(24)22-15-4-3-5-16(12-15)23-19(26)21-2/h3-12H,1-2H3,(H,20,25)(H,22,24)(H2,21,23,26)/b11-8+. The van der Waals surface area contributed by atoms with E-state index < -0.39 is 0 Å². The molecule has 0 aliphatic rings. The van der Waals surface area contributed by atoms with Crippen molar-refractivity contribution in [3.05, 3.63) is 65.7 Å². The Hall–Kier alpha value is -3.61. The molecule has 7 nitrogen and oxygen atoms in total. The van der Waals surface area contributed by atoms with Crippen LogP contribution in [0.1, 0.15) is 15.9 Å². The minimum Gasteiger partial charge on any atom is -0.355 e. The van der Waals surface area contributed by atoms with Crippen molar-refractivity contribution in [3.8, 4) is 0 Å². The van der Waals surface area contributed by atoms with Crippen LogP contribution in [0.2, 0.25) is 0 Å². The topological polar surface area (TPSA) is 99.3 Å². The number of amides is 4. The van der Waals surface area contributed by atoms with Crippen LogP contribution < -0.4 is 21.3 Å². The number of anilines is 2. The molecule has 2 aromatic carbocycles. The molecule has 0 saturated heterocycles. The van der Waals surface area contributed by atoms with E-state index in [1.54, 1.807) is 61.7 Å². The van der Waals surface area contributed by atoms with E-state index in [1.165, 1.54) is 13.1 Å². The van der Waals surface area contributed by atoms with Gasteiger partial charge in [-0.3, -0.25) is 9.59 Å². The van der Waals surface area contributed by atoms with Crippen LogP contribution in [0.15, 0.2) is 54.6 Å². The monoisotopic (exact) mass is 352 g/mol. The molecule has 0 heterocycles. The van der Waals surface area contributed by atoms with Crippen molar-refractivity contribution in [3.63, 3.8) is 0 Å². The third-order valence-corrected chi connectivity index (χ3v) is 3.44. The Morgan fingerprint density at radius 1 is 0.846 bits per heavy atom. The second-order valence-corrected chi connectivity index (χ2v) is 5.31. The van der Waals surface area contributed by atoms with Gasteiger partial charge in [-0.1, -0.05) is 18.2 Å². The number of hydrogen-bond donors (Lipinski definition) is 4. The molecule has 0 atom stereocenters. The number of urea groups is 1. The largest absolute Gasteiger partial charge is 0.355 e. The van der Waals surface area contributed by atoms with Crippen molar-refractivity contribution in [2.24, 2.45) is 0 Å². The van der Waals surface area contributed by atoms with Crippen LogP contribution in [0.3, 0.4) is 0 Å². The van der Waals surface area contributed by atoms with Crippen molar-refractivity contribution < 1.29 is 14.4 Å². The third kappa shape index (κ3) is 5.48. The van der Waals surface area contributed by atoms with Gasteiger partial charge in [0, 0.05) is 37.1 Å². The summed E-state index contributed by atoms with van der Waals surface area (Å²) in [4.78, 5) is 34.8. The van der Waals surface area contributed by atoms with Gasteiger partial charge >= 0.3 is 6.03 Å². The average Bonchev–Trinajstić information content (AvgIpc) is 2.66. The van der Waals surface area contributed by atoms with Crippen LogP contribution in [0.5, 0.6) is 0 Å². The van der Waals surface area contributed by atoms with E-state index in [4.69, 9.17) is 0 Å². The maximum absolute atomic E-state index is 12.0. The van der Waals surface area contributed by atoms with Gasteiger partial charge in [0.05, 0.1) is 0 Å². The smallest absolute Gasteiger partial charge is 0.318 e. The average molecular weight is 352 g/mol. The van der Waals surface area contributed by atoms with Gasteiger partial charge in [0.25, 0.3) is 5.91 Å². The molecular weight excluding hydrogens is 332 g/mol. The van der Waals surface area contributed by atoms with Crippen molar-refractivity contribution in [1.29, 1.82) is 0 Å². The SMILES string of the molecule is CNC(=O)Nc1cccc(NC(=O)/C=C/c2ccc(C(=O)NC)cc2)c1. The van der Waals surface area contributed by atoms with Crippen molar-refractivity contribution in [2.45, 2.75) is 0 Å². The molecule has 0 aliphatic heterocycles. The minimum atomic E-state index is -0.339. The molecule has 0 radical (unpaired) electrons. The minimum absolute atomic E-state index is 0.163. The maximum Gasteiger partial charge on any atom is 0.318 e. The first kappa shape index (κ1) is 18.7. The van der Waals surface area contributed by atoms with E-state index in [0.29, 0.717) is 16.9 Å². The second-order valence-electron chi connectivity index (χ2n) is 5.31. The summed E-state index contributed by atoms with van der Waals surface area (Å²) in [5.74, 6) is -0.471. The van der Waals surface area contributed by atoms with E-state index in [1.807, 2.05) is 0 Å². The Balaban J connectivity index is 1.97. The number of carbonyl (C=O) groups is 3. The highest BCUT2D eigenvalue weighted by atomic mass is 16.2. The fourth-order valence-electron chi connectivity index (χ4n) is 2.11. The lowest BCUT2D eigenvalue weighted by atomic mass is 10.1. The molecule has 0 unspecified atom stereocenters. The van der Waals surface area contributed by atoms with Crippen LogP contribution >= 0.6 is 0 Å². The summed E-state index contributed by atoms with van der Waals surface area (Å²) in [5, 5.41) is 10.4. The van der Waals surface area contributed by atoms with Crippen LogP contribution in [0, 0.1) is 0 Å². The fourth-order valence-corrected chi connectivity index (χ4v) is 2.11. The molecule has 2 aromatic rings. The van der Waals surface area contributed by atoms with Crippen LogP contribution in [0.25, 0.3) is 6.08 Å². The number of carbonyl (C=O) groups excluding carboxylic acids is 3. The summed E-state index contributed by atoms with van der Waals surface area (Å²) in [6.07, 6.45) is 3.04. The normalized spacial score (nSPS) is 10.2. The number of hydrogen-bond acceptors (Lipinski definition) is 3. The molecule has 2 rings (SSSR count). The number of rotatable bonds is 5. The third-order valence-electron chi connectivity index (χ3n) is 3.44. The molecule has 4 amide bonds. The van der Waals surface area contributed by atoms with E-state index in [2.05, 4.69) is 21.3 Å². The van der Waals surface area contributed by atoms with Gasteiger partial charge in [0.2, 0.25) is 5.91 Å². The Kier molecular flexibility index (Phi) is 6.50. The lowest BCUT2D eigenvalue weighted by Gasteiger charge is -2.07.